The van der Waals surface area contributed by atoms with Crippen molar-refractivity contribution in [3.8, 4) is 0 Å². The molecule has 1 amide bonds. The molecule has 2 aromatic heterocycles. The summed E-state index contributed by atoms with van der Waals surface area (Å²) >= 11 is 1.50. The van der Waals surface area contributed by atoms with E-state index in [9.17, 15) is 9.59 Å². The van der Waals surface area contributed by atoms with Crippen LogP contribution < -0.4 is 5.32 Å². The fourth-order valence-electron chi connectivity index (χ4n) is 1.47. The highest BCUT2D eigenvalue weighted by Crippen LogP contribution is 2.09. The Morgan fingerprint density at radius 1 is 1.37 bits per heavy atom. The van der Waals surface area contributed by atoms with Crippen LogP contribution in [0.1, 0.15) is 10.6 Å². The minimum atomic E-state index is -0.243. The summed E-state index contributed by atoms with van der Waals surface area (Å²) in [6, 6.07) is 9.06. The minimum Gasteiger partial charge on any atom is -0.322 e. The first kappa shape index (κ1) is 13.2. The molecule has 19 heavy (non-hydrogen) atoms. The molecule has 2 heterocycles. The van der Waals surface area contributed by atoms with E-state index < -0.39 is 0 Å². The molecule has 0 fully saturated rings. The lowest BCUT2D eigenvalue weighted by Gasteiger charge is -2.02. The Kier molecular flexibility index (Phi) is 4.58. The zero-order valence-corrected chi connectivity index (χ0v) is 10.8. The van der Waals surface area contributed by atoms with E-state index >= 15 is 0 Å². The van der Waals surface area contributed by atoms with Crippen LogP contribution in [0.3, 0.4) is 0 Å². The second kappa shape index (κ2) is 6.61. The molecule has 0 atom stereocenters. The van der Waals surface area contributed by atoms with Gasteiger partial charge in [-0.2, -0.15) is 0 Å². The van der Waals surface area contributed by atoms with Crippen molar-refractivity contribution >= 4 is 29.6 Å². The van der Waals surface area contributed by atoms with Gasteiger partial charge >= 0.3 is 0 Å². The SMILES string of the molecule is O=[C]/C(=C\c1ccccn1)NC(=O)Cc1cccs1. The molecule has 0 spiro atoms. The number of carbonyl (C=O) groups excluding carboxylic acids is 2. The number of allylic oxidation sites excluding steroid dienone is 1. The topological polar surface area (TPSA) is 59.1 Å². The van der Waals surface area contributed by atoms with Gasteiger partial charge in [0.15, 0.2) is 0 Å². The van der Waals surface area contributed by atoms with E-state index in [4.69, 9.17) is 0 Å². The van der Waals surface area contributed by atoms with Gasteiger partial charge in [0.05, 0.1) is 17.8 Å². The predicted molar refractivity (Wildman–Crippen MR) is 74.1 cm³/mol. The van der Waals surface area contributed by atoms with E-state index in [0.29, 0.717) is 5.69 Å². The van der Waals surface area contributed by atoms with Gasteiger partial charge in [0.2, 0.25) is 5.91 Å². The van der Waals surface area contributed by atoms with Crippen molar-refractivity contribution in [2.24, 2.45) is 0 Å². The first-order valence-corrected chi connectivity index (χ1v) is 6.49. The third kappa shape index (κ3) is 4.15. The van der Waals surface area contributed by atoms with Gasteiger partial charge in [0.25, 0.3) is 6.29 Å². The quantitative estimate of drug-likeness (QED) is 0.846. The standard InChI is InChI=1S/C14H11N2O2S/c17-10-12(8-11-4-1-2-6-15-11)16-14(18)9-13-5-3-7-19-13/h1-8H,9H2,(H,16,18)/b12-8+. The smallest absolute Gasteiger partial charge is 0.251 e. The Bertz CT molecular complexity index is 577. The number of thiophene rings is 1. The van der Waals surface area contributed by atoms with Crippen molar-refractivity contribution in [3.05, 3.63) is 58.2 Å². The van der Waals surface area contributed by atoms with Gasteiger partial charge in [-0.1, -0.05) is 12.1 Å². The summed E-state index contributed by atoms with van der Waals surface area (Å²) in [5.41, 5.74) is 0.678. The number of aromatic nitrogens is 1. The molecule has 0 saturated carbocycles. The summed E-state index contributed by atoms with van der Waals surface area (Å²) in [6.45, 7) is 0. The summed E-state index contributed by atoms with van der Waals surface area (Å²) in [5.74, 6) is -0.243. The minimum absolute atomic E-state index is 0.0836. The average Bonchev–Trinajstić information content (AvgIpc) is 2.92. The van der Waals surface area contributed by atoms with E-state index in [1.165, 1.54) is 17.4 Å². The molecule has 2 aromatic rings. The molecule has 95 valence electrons. The first-order valence-electron chi connectivity index (χ1n) is 5.61. The van der Waals surface area contributed by atoms with Gasteiger partial charge < -0.3 is 5.32 Å². The second-order valence-electron chi connectivity index (χ2n) is 3.72. The second-order valence-corrected chi connectivity index (χ2v) is 4.75. The van der Waals surface area contributed by atoms with E-state index in [1.54, 1.807) is 30.7 Å². The third-order valence-corrected chi connectivity index (χ3v) is 3.16. The van der Waals surface area contributed by atoms with Crippen LogP contribution in [0.25, 0.3) is 6.08 Å². The molecule has 1 radical (unpaired) electrons. The lowest BCUT2D eigenvalue weighted by atomic mass is 10.3. The predicted octanol–water partition coefficient (Wildman–Crippen LogP) is 1.95. The first-order chi connectivity index (χ1) is 9.28. The van der Waals surface area contributed by atoms with Gasteiger partial charge in [-0.05, 0) is 29.7 Å². The largest absolute Gasteiger partial charge is 0.322 e. The van der Waals surface area contributed by atoms with Crippen molar-refractivity contribution in [2.45, 2.75) is 6.42 Å². The van der Waals surface area contributed by atoms with Crippen LogP contribution in [-0.4, -0.2) is 17.2 Å². The van der Waals surface area contributed by atoms with Crippen LogP contribution in [-0.2, 0) is 16.0 Å². The number of pyridine rings is 1. The zero-order valence-electron chi connectivity index (χ0n) is 10.00. The van der Waals surface area contributed by atoms with Crippen molar-refractivity contribution in [3.63, 3.8) is 0 Å². The monoisotopic (exact) mass is 271 g/mol. The van der Waals surface area contributed by atoms with Crippen molar-refractivity contribution in [1.82, 2.24) is 10.3 Å². The highest BCUT2D eigenvalue weighted by Gasteiger charge is 2.07. The van der Waals surface area contributed by atoms with Crippen LogP contribution in [0, 0.1) is 0 Å². The van der Waals surface area contributed by atoms with Crippen LogP contribution in [0.15, 0.2) is 47.6 Å². The number of hydrogen-bond acceptors (Lipinski definition) is 4. The van der Waals surface area contributed by atoms with Crippen LogP contribution >= 0.6 is 11.3 Å². The zero-order chi connectivity index (χ0) is 13.5. The summed E-state index contributed by atoms with van der Waals surface area (Å²) in [5, 5.41) is 4.42. The molecule has 5 heteroatoms. The maximum absolute atomic E-state index is 11.7. The number of amides is 1. The van der Waals surface area contributed by atoms with E-state index in [1.807, 2.05) is 17.5 Å². The van der Waals surface area contributed by atoms with Crippen molar-refractivity contribution in [1.29, 1.82) is 0 Å². The van der Waals surface area contributed by atoms with Gasteiger partial charge in [0.1, 0.15) is 0 Å². The molecule has 0 aromatic carbocycles. The Labute approximate surface area is 114 Å². The molecule has 0 bridgehead atoms. The Morgan fingerprint density at radius 2 is 2.26 bits per heavy atom. The number of hydrogen-bond donors (Lipinski definition) is 1. The average molecular weight is 271 g/mol. The number of nitrogens with one attached hydrogen (secondary N) is 1. The Hall–Kier alpha value is -2.27. The number of nitrogens with zero attached hydrogens (tertiary/aromatic N) is 1. The lowest BCUT2D eigenvalue weighted by Crippen LogP contribution is -2.24. The van der Waals surface area contributed by atoms with Crippen LogP contribution in [0.5, 0.6) is 0 Å². The molecule has 1 N–H and O–H groups in total. The highest BCUT2D eigenvalue weighted by atomic mass is 32.1. The van der Waals surface area contributed by atoms with Crippen LogP contribution in [0.4, 0.5) is 0 Å². The number of rotatable bonds is 5. The molecule has 0 aliphatic carbocycles. The summed E-state index contributed by atoms with van der Waals surface area (Å²) in [6.07, 6.45) is 5.05. The summed E-state index contributed by atoms with van der Waals surface area (Å²) in [4.78, 5) is 27.5. The Morgan fingerprint density at radius 3 is 2.89 bits per heavy atom. The molecular weight excluding hydrogens is 260 g/mol. The van der Waals surface area contributed by atoms with E-state index in [0.717, 1.165) is 4.88 Å². The number of carbonyl (C=O) groups is 1. The molecule has 2 rings (SSSR count). The third-order valence-electron chi connectivity index (χ3n) is 2.28. The maximum Gasteiger partial charge on any atom is 0.251 e. The summed E-state index contributed by atoms with van der Waals surface area (Å²) in [7, 11) is 0. The van der Waals surface area contributed by atoms with Gasteiger partial charge in [0, 0.05) is 11.1 Å². The highest BCUT2D eigenvalue weighted by molar-refractivity contribution is 7.10. The molecule has 0 aliphatic heterocycles. The van der Waals surface area contributed by atoms with Crippen LogP contribution in [0.2, 0.25) is 0 Å². The lowest BCUT2D eigenvalue weighted by molar-refractivity contribution is -0.119. The molecule has 0 aliphatic rings. The molecule has 0 saturated heterocycles. The normalized spacial score (nSPS) is 11.1. The molecule has 4 nitrogen and oxygen atoms in total. The van der Waals surface area contributed by atoms with E-state index in [-0.39, 0.29) is 18.0 Å². The van der Waals surface area contributed by atoms with E-state index in [2.05, 4.69) is 10.3 Å². The van der Waals surface area contributed by atoms with Gasteiger partial charge in [-0.25, -0.2) is 0 Å². The van der Waals surface area contributed by atoms with Gasteiger partial charge in [-0.3, -0.25) is 14.6 Å². The fraction of sp³-hybridized carbons (Fsp3) is 0.0714. The Balaban J connectivity index is 2.01. The summed E-state index contributed by atoms with van der Waals surface area (Å²) < 4.78 is 0. The molecule has 0 unspecified atom stereocenters. The van der Waals surface area contributed by atoms with Crippen molar-refractivity contribution in [2.75, 3.05) is 0 Å². The molecular formula is C14H11N2O2S. The van der Waals surface area contributed by atoms with Crippen molar-refractivity contribution < 1.29 is 9.59 Å². The van der Waals surface area contributed by atoms with Gasteiger partial charge in [-0.15, -0.1) is 11.3 Å². The maximum atomic E-state index is 11.7. The fourth-order valence-corrected chi connectivity index (χ4v) is 2.17.